The Morgan fingerprint density at radius 2 is 1.80 bits per heavy atom. The Hall–Kier alpha value is -2.89. The molecule has 4 nitrogen and oxygen atoms in total. The Morgan fingerprint density at radius 3 is 2.44 bits per heavy atom. The Balaban J connectivity index is 1.78. The van der Waals surface area contributed by atoms with E-state index in [1.807, 2.05) is 54.6 Å². The van der Waals surface area contributed by atoms with Gasteiger partial charge in [0.1, 0.15) is 5.75 Å². The first kappa shape index (κ1) is 17.0. The number of rotatable bonds is 6. The van der Waals surface area contributed by atoms with Crippen molar-refractivity contribution in [1.82, 2.24) is 10.3 Å². The smallest absolute Gasteiger partial charge is 0.297 e. The summed E-state index contributed by atoms with van der Waals surface area (Å²) in [5.74, 6) is 0.464. The lowest BCUT2D eigenvalue weighted by Gasteiger charge is -2.27. The van der Waals surface area contributed by atoms with E-state index in [9.17, 15) is 8.78 Å². The van der Waals surface area contributed by atoms with Crippen molar-refractivity contribution in [2.24, 2.45) is 5.10 Å². The van der Waals surface area contributed by atoms with Gasteiger partial charge >= 0.3 is 0 Å². The summed E-state index contributed by atoms with van der Waals surface area (Å²) in [7, 11) is 1.59. The first-order chi connectivity index (χ1) is 12.2. The van der Waals surface area contributed by atoms with Gasteiger partial charge in [-0.1, -0.05) is 30.3 Å². The number of methoxy groups -OCH3 is 1. The number of hydrogen-bond acceptors (Lipinski definition) is 4. The second-order valence-electron chi connectivity index (χ2n) is 5.58. The predicted octanol–water partition coefficient (Wildman–Crippen LogP) is 3.72. The van der Waals surface area contributed by atoms with Crippen LogP contribution in [-0.4, -0.2) is 30.8 Å². The molecule has 25 heavy (non-hydrogen) atoms. The minimum atomic E-state index is -2.64. The third-order valence-electron chi connectivity index (χ3n) is 3.95. The van der Waals surface area contributed by atoms with Crippen molar-refractivity contribution in [3.05, 3.63) is 71.9 Å². The van der Waals surface area contributed by atoms with Crippen LogP contribution in [0.2, 0.25) is 0 Å². The van der Waals surface area contributed by atoms with Crippen LogP contribution in [-0.2, 0) is 6.42 Å². The van der Waals surface area contributed by atoms with Crippen molar-refractivity contribution in [2.75, 3.05) is 13.7 Å². The molecule has 1 heterocycles. The second kappa shape index (κ2) is 7.79. The average molecular weight is 343 g/mol. The second-order valence-corrected chi connectivity index (χ2v) is 5.58. The fraction of sp³-hybridized carbons (Fsp3) is 0.211. The molecule has 0 aliphatic carbocycles. The van der Waals surface area contributed by atoms with Gasteiger partial charge in [-0.05, 0) is 36.2 Å². The maximum Gasteiger partial charge on any atom is 0.297 e. The van der Waals surface area contributed by atoms with Crippen molar-refractivity contribution in [3.63, 3.8) is 0 Å². The van der Waals surface area contributed by atoms with Crippen LogP contribution >= 0.6 is 0 Å². The molecule has 1 N–H and O–H groups in total. The van der Waals surface area contributed by atoms with Gasteiger partial charge in [-0.2, -0.15) is 5.10 Å². The monoisotopic (exact) mass is 343 g/mol. The zero-order valence-corrected chi connectivity index (χ0v) is 13.8. The van der Waals surface area contributed by atoms with E-state index >= 15 is 0 Å². The van der Waals surface area contributed by atoms with Gasteiger partial charge in [-0.3, -0.25) is 5.43 Å². The fourth-order valence-corrected chi connectivity index (χ4v) is 2.59. The summed E-state index contributed by atoms with van der Waals surface area (Å²) in [4.78, 5) is 1.51. The van der Waals surface area contributed by atoms with Gasteiger partial charge in [0.25, 0.3) is 6.43 Å². The van der Waals surface area contributed by atoms with Crippen LogP contribution < -0.4 is 10.2 Å². The number of hydrogen-bond donors (Lipinski definition) is 1. The first-order valence-electron chi connectivity index (χ1n) is 7.96. The molecule has 0 saturated carbocycles. The summed E-state index contributed by atoms with van der Waals surface area (Å²) < 4.78 is 31.7. The molecule has 0 amide bonds. The van der Waals surface area contributed by atoms with Gasteiger partial charge < -0.3 is 9.64 Å². The number of halogens is 2. The largest absolute Gasteiger partial charge is 0.497 e. The summed E-state index contributed by atoms with van der Waals surface area (Å²) in [5.41, 5.74) is 5.33. The van der Waals surface area contributed by atoms with Gasteiger partial charge in [-0.25, -0.2) is 8.78 Å². The van der Waals surface area contributed by atoms with E-state index in [0.717, 1.165) is 16.9 Å². The van der Waals surface area contributed by atoms with Crippen LogP contribution in [0.5, 0.6) is 5.75 Å². The summed E-state index contributed by atoms with van der Waals surface area (Å²) >= 11 is 0. The number of alkyl halides is 2. The molecule has 0 atom stereocenters. The predicted molar refractivity (Wildman–Crippen MR) is 94.4 cm³/mol. The van der Waals surface area contributed by atoms with Gasteiger partial charge in [0.2, 0.25) is 0 Å². The van der Waals surface area contributed by atoms with Crippen molar-refractivity contribution in [1.29, 1.82) is 0 Å². The molecule has 0 fully saturated rings. The standard InChI is InChI=1S/C19H19F2N3O/c1-25-16-9-7-15(8-10-16)17-13-24(19(18(20)21)23-22-17)12-11-14-5-3-2-4-6-14/h2-10,13,18,22H,11-12H2,1H3. The maximum atomic E-state index is 13.3. The zero-order chi connectivity index (χ0) is 17.6. The Morgan fingerprint density at radius 1 is 1.08 bits per heavy atom. The van der Waals surface area contributed by atoms with Gasteiger partial charge in [0, 0.05) is 18.3 Å². The van der Waals surface area contributed by atoms with E-state index in [2.05, 4.69) is 10.5 Å². The quantitative estimate of drug-likeness (QED) is 0.868. The van der Waals surface area contributed by atoms with Crippen LogP contribution in [0.4, 0.5) is 8.78 Å². The van der Waals surface area contributed by atoms with Gasteiger partial charge in [0.05, 0.1) is 12.8 Å². The molecule has 0 bridgehead atoms. The number of amidine groups is 1. The highest BCUT2D eigenvalue weighted by Crippen LogP contribution is 2.21. The topological polar surface area (TPSA) is 36.9 Å². The third kappa shape index (κ3) is 4.15. The molecular formula is C19H19F2N3O. The zero-order valence-electron chi connectivity index (χ0n) is 13.8. The van der Waals surface area contributed by atoms with E-state index in [4.69, 9.17) is 4.74 Å². The van der Waals surface area contributed by atoms with Crippen LogP contribution in [0.25, 0.3) is 5.70 Å². The molecule has 130 valence electrons. The molecule has 0 aromatic heterocycles. The summed E-state index contributed by atoms with van der Waals surface area (Å²) in [6.07, 6.45) is -0.310. The normalized spacial score (nSPS) is 14.0. The molecule has 1 aliphatic rings. The number of hydrazone groups is 1. The summed E-state index contributed by atoms with van der Waals surface area (Å²) in [6, 6.07) is 17.1. The molecule has 2 aromatic carbocycles. The summed E-state index contributed by atoms with van der Waals surface area (Å²) in [6.45, 7) is 0.425. The van der Waals surface area contributed by atoms with Gasteiger partial charge in [0.15, 0.2) is 5.84 Å². The minimum Gasteiger partial charge on any atom is -0.497 e. The Bertz CT molecular complexity index is 758. The first-order valence-corrected chi connectivity index (χ1v) is 7.96. The Kier molecular flexibility index (Phi) is 5.28. The van der Waals surface area contributed by atoms with E-state index in [1.54, 1.807) is 13.3 Å². The molecule has 0 spiro atoms. The molecule has 0 unspecified atom stereocenters. The minimum absolute atomic E-state index is 0.270. The molecule has 6 heteroatoms. The molecule has 0 saturated heterocycles. The highest BCUT2D eigenvalue weighted by Gasteiger charge is 2.24. The fourth-order valence-electron chi connectivity index (χ4n) is 2.59. The molecule has 3 rings (SSSR count). The number of nitrogens with zero attached hydrogens (tertiary/aromatic N) is 2. The maximum absolute atomic E-state index is 13.3. The van der Waals surface area contributed by atoms with E-state index in [-0.39, 0.29) is 5.84 Å². The molecule has 2 aromatic rings. The lowest BCUT2D eigenvalue weighted by molar-refractivity contribution is 0.207. The highest BCUT2D eigenvalue weighted by molar-refractivity contribution is 5.89. The van der Waals surface area contributed by atoms with Crippen molar-refractivity contribution in [2.45, 2.75) is 12.8 Å². The number of benzene rings is 2. The SMILES string of the molecule is COc1ccc(C2=CN(CCc3ccccc3)C(C(F)F)=NN2)cc1. The highest BCUT2D eigenvalue weighted by atomic mass is 19.3. The lowest BCUT2D eigenvalue weighted by atomic mass is 10.1. The average Bonchev–Trinajstić information content (AvgIpc) is 2.67. The number of ether oxygens (including phenoxy) is 1. The van der Waals surface area contributed by atoms with E-state index in [1.165, 1.54) is 4.90 Å². The van der Waals surface area contributed by atoms with Crippen molar-refractivity contribution < 1.29 is 13.5 Å². The molecule has 0 radical (unpaired) electrons. The third-order valence-corrected chi connectivity index (χ3v) is 3.95. The van der Waals surface area contributed by atoms with Crippen molar-refractivity contribution in [3.8, 4) is 5.75 Å². The van der Waals surface area contributed by atoms with Crippen LogP contribution in [0, 0.1) is 0 Å². The lowest BCUT2D eigenvalue weighted by Crippen LogP contribution is -2.38. The van der Waals surface area contributed by atoms with Crippen LogP contribution in [0.1, 0.15) is 11.1 Å². The number of nitrogens with one attached hydrogen (secondary N) is 1. The summed E-state index contributed by atoms with van der Waals surface area (Å²) in [5, 5.41) is 3.87. The molecular weight excluding hydrogens is 324 g/mol. The van der Waals surface area contributed by atoms with E-state index in [0.29, 0.717) is 18.7 Å². The van der Waals surface area contributed by atoms with Crippen LogP contribution in [0.15, 0.2) is 65.9 Å². The van der Waals surface area contributed by atoms with Gasteiger partial charge in [-0.15, -0.1) is 0 Å². The molecule has 1 aliphatic heterocycles. The Labute approximate surface area is 145 Å². The van der Waals surface area contributed by atoms with E-state index < -0.39 is 6.43 Å². The van der Waals surface area contributed by atoms with Crippen molar-refractivity contribution >= 4 is 11.5 Å². The van der Waals surface area contributed by atoms with Crippen LogP contribution in [0.3, 0.4) is 0 Å².